The lowest BCUT2D eigenvalue weighted by Gasteiger charge is -2.35. The summed E-state index contributed by atoms with van der Waals surface area (Å²) in [6.07, 6.45) is 7.71. The number of hydrogen-bond donors (Lipinski definition) is 1. The van der Waals surface area contributed by atoms with Crippen LogP contribution >= 0.6 is 0 Å². The van der Waals surface area contributed by atoms with Gasteiger partial charge in [-0.15, -0.1) is 0 Å². The molecule has 1 N–H and O–H groups in total. The molecule has 0 aromatic carbocycles. The maximum atomic E-state index is 5.68. The average Bonchev–Trinajstić information content (AvgIpc) is 3.38. The van der Waals surface area contributed by atoms with Gasteiger partial charge in [-0.3, -0.25) is 9.89 Å². The van der Waals surface area contributed by atoms with Gasteiger partial charge in [0.1, 0.15) is 0 Å². The molecule has 3 heterocycles. The number of nitrogens with one attached hydrogen (secondary N) is 1. The first-order chi connectivity index (χ1) is 12.2. The number of rotatable bonds is 6. The van der Waals surface area contributed by atoms with Gasteiger partial charge in [0.2, 0.25) is 0 Å². The number of guanidine groups is 1. The molecule has 0 aromatic rings. The van der Waals surface area contributed by atoms with Crippen LogP contribution in [0.3, 0.4) is 0 Å². The summed E-state index contributed by atoms with van der Waals surface area (Å²) in [6.45, 7) is 12.3. The van der Waals surface area contributed by atoms with E-state index in [1.807, 2.05) is 7.05 Å². The van der Waals surface area contributed by atoms with Crippen molar-refractivity contribution >= 4 is 5.96 Å². The molecule has 0 radical (unpaired) electrons. The molecule has 3 saturated heterocycles. The van der Waals surface area contributed by atoms with E-state index >= 15 is 0 Å². The molecule has 144 valence electrons. The Hall–Kier alpha value is -0.810. The SMILES string of the molecule is CCC(CC)C(CNC(=NC)N1CCC2(CCOC2)C1)N1CCCC1. The number of ether oxygens (including phenoxy) is 1. The number of hydrogen-bond acceptors (Lipinski definition) is 3. The molecule has 0 aliphatic carbocycles. The van der Waals surface area contributed by atoms with Crippen LogP contribution in [0.25, 0.3) is 0 Å². The Labute approximate surface area is 154 Å². The summed E-state index contributed by atoms with van der Waals surface area (Å²) >= 11 is 0. The summed E-state index contributed by atoms with van der Waals surface area (Å²) in [5.41, 5.74) is 0.390. The number of likely N-dealkylation sites (tertiary alicyclic amines) is 2. The van der Waals surface area contributed by atoms with E-state index in [9.17, 15) is 0 Å². The molecule has 25 heavy (non-hydrogen) atoms. The third-order valence-corrected chi connectivity index (χ3v) is 6.81. The van der Waals surface area contributed by atoms with Crippen LogP contribution in [0.1, 0.15) is 52.4 Å². The maximum Gasteiger partial charge on any atom is 0.193 e. The van der Waals surface area contributed by atoms with Gasteiger partial charge in [-0.2, -0.15) is 0 Å². The molecule has 3 fully saturated rings. The van der Waals surface area contributed by atoms with Crippen molar-refractivity contribution in [2.75, 3.05) is 53.0 Å². The standard InChI is InChI=1S/C20H38N4O/c1-4-17(5-2)18(23-10-6-7-11-23)14-22-19(21-3)24-12-8-20(15-24)9-13-25-16-20/h17-18H,4-16H2,1-3H3,(H,21,22). The minimum Gasteiger partial charge on any atom is -0.381 e. The molecule has 2 unspecified atom stereocenters. The van der Waals surface area contributed by atoms with Crippen molar-refractivity contribution in [2.24, 2.45) is 16.3 Å². The normalized spacial score (nSPS) is 29.3. The van der Waals surface area contributed by atoms with Crippen LogP contribution in [-0.2, 0) is 4.74 Å². The van der Waals surface area contributed by atoms with Crippen LogP contribution in [-0.4, -0.2) is 74.8 Å². The van der Waals surface area contributed by atoms with Crippen LogP contribution in [0.2, 0.25) is 0 Å². The Morgan fingerprint density at radius 3 is 2.52 bits per heavy atom. The second-order valence-electron chi connectivity index (χ2n) is 8.29. The summed E-state index contributed by atoms with van der Waals surface area (Å²) < 4.78 is 5.68. The van der Waals surface area contributed by atoms with Crippen molar-refractivity contribution in [1.29, 1.82) is 0 Å². The van der Waals surface area contributed by atoms with Crippen molar-refractivity contribution < 1.29 is 4.74 Å². The average molecular weight is 351 g/mol. The van der Waals surface area contributed by atoms with E-state index < -0.39 is 0 Å². The summed E-state index contributed by atoms with van der Waals surface area (Å²) in [5, 5.41) is 3.74. The van der Waals surface area contributed by atoms with Crippen molar-refractivity contribution in [3.05, 3.63) is 0 Å². The first-order valence-electron chi connectivity index (χ1n) is 10.5. The Balaban J connectivity index is 1.58. The van der Waals surface area contributed by atoms with Gasteiger partial charge in [0.05, 0.1) is 6.61 Å². The van der Waals surface area contributed by atoms with Gasteiger partial charge in [-0.05, 0) is 44.7 Å². The van der Waals surface area contributed by atoms with Crippen molar-refractivity contribution in [1.82, 2.24) is 15.1 Å². The molecular formula is C20H38N4O. The molecule has 3 rings (SSSR count). The lowest BCUT2D eigenvalue weighted by Crippen LogP contribution is -2.50. The molecule has 1 spiro atoms. The summed E-state index contributed by atoms with van der Waals surface area (Å²) in [4.78, 5) is 9.78. The summed E-state index contributed by atoms with van der Waals surface area (Å²) in [7, 11) is 1.93. The quantitative estimate of drug-likeness (QED) is 0.590. The van der Waals surface area contributed by atoms with Crippen LogP contribution in [0.4, 0.5) is 0 Å². The molecule has 5 heteroatoms. The van der Waals surface area contributed by atoms with Crippen LogP contribution in [0.5, 0.6) is 0 Å². The monoisotopic (exact) mass is 350 g/mol. The number of aliphatic imine (C=N–C) groups is 1. The van der Waals surface area contributed by atoms with Crippen molar-refractivity contribution in [2.45, 2.75) is 58.4 Å². The molecule has 0 bridgehead atoms. The second-order valence-corrected chi connectivity index (χ2v) is 8.29. The topological polar surface area (TPSA) is 40.1 Å². The molecule has 0 amide bonds. The van der Waals surface area contributed by atoms with E-state index in [0.717, 1.165) is 44.7 Å². The highest BCUT2D eigenvalue weighted by Crippen LogP contribution is 2.38. The predicted octanol–water partition coefficient (Wildman–Crippen LogP) is 2.57. The van der Waals surface area contributed by atoms with Crippen molar-refractivity contribution in [3.63, 3.8) is 0 Å². The Kier molecular flexibility index (Phi) is 6.61. The zero-order valence-corrected chi connectivity index (χ0v) is 16.6. The predicted molar refractivity (Wildman–Crippen MR) is 104 cm³/mol. The molecule has 0 aromatic heterocycles. The van der Waals surface area contributed by atoms with E-state index in [1.54, 1.807) is 0 Å². The van der Waals surface area contributed by atoms with Gasteiger partial charge in [0, 0.05) is 44.7 Å². The van der Waals surface area contributed by atoms with E-state index in [2.05, 4.69) is 34.0 Å². The minimum atomic E-state index is 0.390. The fraction of sp³-hybridized carbons (Fsp3) is 0.950. The molecule has 3 aliphatic rings. The van der Waals surface area contributed by atoms with E-state index in [4.69, 9.17) is 4.74 Å². The fourth-order valence-electron chi connectivity index (χ4n) is 5.12. The Morgan fingerprint density at radius 1 is 1.16 bits per heavy atom. The highest BCUT2D eigenvalue weighted by molar-refractivity contribution is 5.80. The van der Waals surface area contributed by atoms with Gasteiger partial charge in [0.15, 0.2) is 5.96 Å². The summed E-state index contributed by atoms with van der Waals surface area (Å²) in [6, 6.07) is 0.639. The molecule has 5 nitrogen and oxygen atoms in total. The third kappa shape index (κ3) is 4.30. The smallest absolute Gasteiger partial charge is 0.193 e. The van der Waals surface area contributed by atoms with Crippen LogP contribution < -0.4 is 5.32 Å². The molecule has 3 aliphatic heterocycles. The molecule has 2 atom stereocenters. The van der Waals surface area contributed by atoms with E-state index in [0.29, 0.717) is 11.5 Å². The first-order valence-corrected chi connectivity index (χ1v) is 10.5. The largest absolute Gasteiger partial charge is 0.381 e. The zero-order chi connectivity index (χ0) is 17.7. The van der Waals surface area contributed by atoms with Gasteiger partial charge < -0.3 is 15.0 Å². The van der Waals surface area contributed by atoms with Crippen LogP contribution in [0, 0.1) is 11.3 Å². The molecule has 0 saturated carbocycles. The van der Waals surface area contributed by atoms with Crippen LogP contribution in [0.15, 0.2) is 4.99 Å². The third-order valence-electron chi connectivity index (χ3n) is 6.81. The van der Waals surface area contributed by atoms with Crippen molar-refractivity contribution in [3.8, 4) is 0 Å². The highest BCUT2D eigenvalue weighted by atomic mass is 16.5. The fourth-order valence-corrected chi connectivity index (χ4v) is 5.12. The van der Waals surface area contributed by atoms with Gasteiger partial charge in [-0.1, -0.05) is 26.7 Å². The lowest BCUT2D eigenvalue weighted by atomic mass is 9.87. The minimum absolute atomic E-state index is 0.390. The maximum absolute atomic E-state index is 5.68. The highest BCUT2D eigenvalue weighted by Gasteiger charge is 2.42. The Bertz CT molecular complexity index is 435. The summed E-state index contributed by atoms with van der Waals surface area (Å²) in [5.74, 6) is 1.87. The lowest BCUT2D eigenvalue weighted by molar-refractivity contribution is 0.156. The Morgan fingerprint density at radius 2 is 1.92 bits per heavy atom. The number of nitrogens with zero attached hydrogens (tertiary/aromatic N) is 3. The van der Waals surface area contributed by atoms with Gasteiger partial charge >= 0.3 is 0 Å². The van der Waals surface area contributed by atoms with E-state index in [1.165, 1.54) is 51.6 Å². The van der Waals surface area contributed by atoms with Gasteiger partial charge in [0.25, 0.3) is 0 Å². The van der Waals surface area contributed by atoms with E-state index in [-0.39, 0.29) is 0 Å². The second kappa shape index (κ2) is 8.72. The zero-order valence-electron chi connectivity index (χ0n) is 16.6. The first kappa shape index (κ1) is 19.0. The van der Waals surface area contributed by atoms with Gasteiger partial charge in [-0.25, -0.2) is 0 Å². The molecular weight excluding hydrogens is 312 g/mol.